The molecule has 1 amide bonds. The highest BCUT2D eigenvalue weighted by molar-refractivity contribution is 7.16. The van der Waals surface area contributed by atoms with E-state index in [0.717, 1.165) is 11.3 Å². The smallest absolute Gasteiger partial charge is 0.417 e. The highest BCUT2D eigenvalue weighted by atomic mass is 32.1. The fraction of sp³-hybridized carbons (Fsp3) is 0.125. The highest BCUT2D eigenvalue weighted by Gasteiger charge is 2.45. The van der Waals surface area contributed by atoms with Gasteiger partial charge in [-0.25, -0.2) is 9.59 Å². The van der Waals surface area contributed by atoms with Crippen molar-refractivity contribution < 1.29 is 33.4 Å². The molecule has 1 aliphatic carbocycles. The maximum absolute atomic E-state index is 13.1. The summed E-state index contributed by atoms with van der Waals surface area (Å²) in [4.78, 5) is 63.5. The van der Waals surface area contributed by atoms with Crippen LogP contribution in [0.15, 0.2) is 60.7 Å². The largest absolute Gasteiger partial charge is 0.462 e. The number of carbonyl (C=O) groups is 5. The van der Waals surface area contributed by atoms with E-state index < -0.39 is 35.3 Å². The summed E-state index contributed by atoms with van der Waals surface area (Å²) in [6.45, 7) is 1.84. The molecule has 166 valence electrons. The Balaban J connectivity index is 1.57. The van der Waals surface area contributed by atoms with Gasteiger partial charge in [0.1, 0.15) is 16.5 Å². The quantitative estimate of drug-likeness (QED) is 0.327. The number of benzene rings is 2. The second-order valence-corrected chi connectivity index (χ2v) is 8.05. The van der Waals surface area contributed by atoms with Crippen molar-refractivity contribution in [3.63, 3.8) is 0 Å². The number of fused-ring (bicyclic) bond motifs is 1. The third-order valence-electron chi connectivity index (χ3n) is 4.88. The minimum Gasteiger partial charge on any atom is -0.462 e. The number of amides is 1. The van der Waals surface area contributed by atoms with E-state index in [2.05, 4.69) is 5.32 Å². The summed E-state index contributed by atoms with van der Waals surface area (Å²) in [5.74, 6) is -3.96. The first kappa shape index (κ1) is 22.1. The molecule has 0 saturated heterocycles. The summed E-state index contributed by atoms with van der Waals surface area (Å²) in [6.07, 6.45) is -0.845. The van der Waals surface area contributed by atoms with Crippen LogP contribution in [-0.4, -0.2) is 36.0 Å². The molecule has 1 atom stereocenters. The lowest BCUT2D eigenvalue weighted by Crippen LogP contribution is -2.25. The Hall–Kier alpha value is -4.11. The van der Waals surface area contributed by atoms with Gasteiger partial charge in [0.05, 0.1) is 22.7 Å². The Morgan fingerprint density at radius 3 is 2.36 bits per heavy atom. The van der Waals surface area contributed by atoms with Crippen LogP contribution in [0.4, 0.5) is 10.5 Å². The van der Waals surface area contributed by atoms with Crippen LogP contribution in [0.2, 0.25) is 0 Å². The molecule has 8 nitrogen and oxygen atoms in total. The Morgan fingerprint density at radius 1 is 0.909 bits per heavy atom. The van der Waals surface area contributed by atoms with E-state index in [1.54, 1.807) is 37.3 Å². The molecule has 1 aliphatic rings. The van der Waals surface area contributed by atoms with Crippen LogP contribution >= 0.6 is 11.3 Å². The number of Topliss-reactive ketones (excluding diaryl/α,β-unsaturated/α-hetero) is 3. The zero-order valence-corrected chi connectivity index (χ0v) is 18.1. The van der Waals surface area contributed by atoms with E-state index in [1.807, 2.05) is 0 Å². The molecular weight excluding hydrogens is 446 g/mol. The van der Waals surface area contributed by atoms with Crippen LogP contribution in [0.25, 0.3) is 0 Å². The zero-order valence-electron chi connectivity index (χ0n) is 17.3. The van der Waals surface area contributed by atoms with Crippen molar-refractivity contribution in [2.45, 2.75) is 6.92 Å². The molecule has 2 aromatic carbocycles. The van der Waals surface area contributed by atoms with E-state index >= 15 is 0 Å². The van der Waals surface area contributed by atoms with Crippen molar-refractivity contribution in [2.24, 2.45) is 5.92 Å². The molecule has 4 rings (SSSR count). The zero-order chi connectivity index (χ0) is 23.5. The number of ether oxygens (including phenoxy) is 2. The number of nitrogens with one attached hydrogen (secondary N) is 1. The Labute approximate surface area is 192 Å². The van der Waals surface area contributed by atoms with Crippen molar-refractivity contribution in [2.75, 3.05) is 11.9 Å². The number of thiophene rings is 1. The number of rotatable bonds is 6. The van der Waals surface area contributed by atoms with Crippen molar-refractivity contribution >= 4 is 46.4 Å². The lowest BCUT2D eigenvalue weighted by molar-refractivity contribution is 0.0531. The summed E-state index contributed by atoms with van der Waals surface area (Å²) in [5.41, 5.74) is 0.0616. The fourth-order valence-electron chi connectivity index (χ4n) is 3.44. The van der Waals surface area contributed by atoms with Crippen LogP contribution in [0.1, 0.15) is 47.0 Å². The van der Waals surface area contributed by atoms with Gasteiger partial charge in [0.25, 0.3) is 0 Å². The monoisotopic (exact) mass is 463 g/mol. The van der Waals surface area contributed by atoms with E-state index in [1.165, 1.54) is 30.3 Å². The second-order valence-electron chi connectivity index (χ2n) is 6.97. The van der Waals surface area contributed by atoms with E-state index in [0.29, 0.717) is 5.75 Å². The Morgan fingerprint density at radius 2 is 1.64 bits per heavy atom. The standard InChI is InChI=1S/C24H17NO7S/c1-2-31-23(29)17-12-11-16(33-17)21(27)19-20(26)14-9-6-10-15(18(14)22(19)28)25-24(30)32-13-7-4-3-5-8-13/h3-12,19H,2H2,1H3,(H,25,30). The van der Waals surface area contributed by atoms with Gasteiger partial charge in [-0.15, -0.1) is 11.3 Å². The molecule has 0 bridgehead atoms. The lowest BCUT2D eigenvalue weighted by atomic mass is 9.97. The number of esters is 1. The van der Waals surface area contributed by atoms with E-state index in [4.69, 9.17) is 9.47 Å². The van der Waals surface area contributed by atoms with Crippen molar-refractivity contribution in [3.05, 3.63) is 81.5 Å². The van der Waals surface area contributed by atoms with Gasteiger partial charge in [0.2, 0.25) is 0 Å². The van der Waals surface area contributed by atoms with Crippen LogP contribution in [0.5, 0.6) is 5.75 Å². The average molecular weight is 463 g/mol. The summed E-state index contributed by atoms with van der Waals surface area (Å²) >= 11 is 0.857. The molecule has 9 heteroatoms. The third kappa shape index (κ3) is 4.31. The normalized spacial score (nSPS) is 14.5. The average Bonchev–Trinajstić information content (AvgIpc) is 3.39. The third-order valence-corrected chi connectivity index (χ3v) is 5.96. The summed E-state index contributed by atoms with van der Waals surface area (Å²) in [6, 6.07) is 15.5. The number of hydrogen-bond acceptors (Lipinski definition) is 8. The SMILES string of the molecule is CCOC(=O)c1ccc(C(=O)C2C(=O)c3cccc(NC(=O)Oc4ccccc4)c3C2=O)s1. The van der Waals surface area contributed by atoms with Gasteiger partial charge in [0, 0.05) is 5.56 Å². The van der Waals surface area contributed by atoms with Gasteiger partial charge in [0.15, 0.2) is 17.3 Å². The van der Waals surface area contributed by atoms with Crippen molar-refractivity contribution in [1.29, 1.82) is 0 Å². The molecule has 1 N–H and O–H groups in total. The first-order valence-electron chi connectivity index (χ1n) is 9.97. The molecule has 0 radical (unpaired) electrons. The summed E-state index contributed by atoms with van der Waals surface area (Å²) < 4.78 is 10.1. The number of hydrogen-bond donors (Lipinski definition) is 1. The summed E-state index contributed by atoms with van der Waals surface area (Å²) in [5, 5.41) is 2.47. The minimum absolute atomic E-state index is 0.0398. The molecule has 1 unspecified atom stereocenters. The van der Waals surface area contributed by atoms with Gasteiger partial charge in [-0.2, -0.15) is 0 Å². The van der Waals surface area contributed by atoms with Gasteiger partial charge < -0.3 is 9.47 Å². The summed E-state index contributed by atoms with van der Waals surface area (Å²) in [7, 11) is 0. The topological polar surface area (TPSA) is 116 Å². The number of para-hydroxylation sites is 1. The minimum atomic E-state index is -1.58. The van der Waals surface area contributed by atoms with Gasteiger partial charge >= 0.3 is 12.1 Å². The molecule has 3 aromatic rings. The van der Waals surface area contributed by atoms with Crippen LogP contribution < -0.4 is 10.1 Å². The number of carbonyl (C=O) groups excluding carboxylic acids is 5. The van der Waals surface area contributed by atoms with Crippen LogP contribution in [-0.2, 0) is 4.74 Å². The van der Waals surface area contributed by atoms with Gasteiger partial charge in [-0.3, -0.25) is 19.7 Å². The van der Waals surface area contributed by atoms with Gasteiger partial charge in [-0.05, 0) is 37.3 Å². The number of ketones is 3. The van der Waals surface area contributed by atoms with E-state index in [-0.39, 0.29) is 33.2 Å². The molecule has 33 heavy (non-hydrogen) atoms. The number of anilines is 1. The first-order valence-corrected chi connectivity index (χ1v) is 10.8. The Bertz CT molecular complexity index is 1280. The Kier molecular flexibility index (Phi) is 6.14. The van der Waals surface area contributed by atoms with Crippen molar-refractivity contribution in [1.82, 2.24) is 0 Å². The van der Waals surface area contributed by atoms with Crippen LogP contribution in [0.3, 0.4) is 0 Å². The molecule has 0 saturated carbocycles. The van der Waals surface area contributed by atoms with Crippen LogP contribution in [0, 0.1) is 5.92 Å². The lowest BCUT2D eigenvalue weighted by Gasteiger charge is -2.09. The molecule has 0 fully saturated rings. The maximum Gasteiger partial charge on any atom is 0.417 e. The highest BCUT2D eigenvalue weighted by Crippen LogP contribution is 2.35. The molecular formula is C24H17NO7S. The molecule has 1 heterocycles. The second kappa shape index (κ2) is 9.17. The fourth-order valence-corrected chi connectivity index (χ4v) is 4.31. The first-order chi connectivity index (χ1) is 15.9. The molecule has 1 aromatic heterocycles. The van der Waals surface area contributed by atoms with E-state index in [9.17, 15) is 24.0 Å². The predicted molar refractivity (Wildman–Crippen MR) is 119 cm³/mol. The predicted octanol–water partition coefficient (Wildman–Crippen LogP) is 4.41. The molecule has 0 spiro atoms. The van der Waals surface area contributed by atoms with Gasteiger partial charge in [-0.1, -0.05) is 30.3 Å². The molecule has 0 aliphatic heterocycles. The maximum atomic E-state index is 13.1. The van der Waals surface area contributed by atoms with Crippen molar-refractivity contribution in [3.8, 4) is 5.75 Å².